The lowest BCUT2D eigenvalue weighted by molar-refractivity contribution is 0.0696. The topological polar surface area (TPSA) is 83.5 Å². The molecule has 118 valence electrons. The summed E-state index contributed by atoms with van der Waals surface area (Å²) >= 11 is 1.65. The smallest absolute Gasteiger partial charge is 0.335 e. The van der Waals surface area contributed by atoms with E-state index in [1.54, 1.807) is 24.8 Å². The second-order valence-electron chi connectivity index (χ2n) is 4.79. The van der Waals surface area contributed by atoms with Gasteiger partial charge in [-0.1, -0.05) is 13.0 Å². The van der Waals surface area contributed by atoms with Crippen LogP contribution < -0.4 is 4.72 Å². The largest absolute Gasteiger partial charge is 0.478 e. The zero-order chi connectivity index (χ0) is 16.0. The Kier molecular flexibility index (Phi) is 6.70. The van der Waals surface area contributed by atoms with Crippen LogP contribution in [0.5, 0.6) is 0 Å². The van der Waals surface area contributed by atoms with Gasteiger partial charge in [0.25, 0.3) is 0 Å². The van der Waals surface area contributed by atoms with E-state index in [9.17, 15) is 13.2 Å². The van der Waals surface area contributed by atoms with Crippen LogP contribution in [0.3, 0.4) is 0 Å². The van der Waals surface area contributed by atoms with Crippen molar-refractivity contribution in [1.29, 1.82) is 0 Å². The molecule has 0 saturated heterocycles. The number of aromatic carboxylic acids is 1. The number of nitrogens with one attached hydrogen (secondary N) is 1. The summed E-state index contributed by atoms with van der Waals surface area (Å²) in [5.41, 5.74) is 0.592. The second kappa shape index (κ2) is 7.82. The fraction of sp³-hybridized carbons (Fsp3) is 0.500. The van der Waals surface area contributed by atoms with E-state index in [1.807, 2.05) is 13.2 Å². The van der Waals surface area contributed by atoms with E-state index in [-0.39, 0.29) is 16.5 Å². The molecular formula is C14H21NO4S2. The van der Waals surface area contributed by atoms with Gasteiger partial charge in [0.15, 0.2) is 0 Å². The zero-order valence-electron chi connectivity index (χ0n) is 12.4. The summed E-state index contributed by atoms with van der Waals surface area (Å²) in [6.45, 7) is 3.65. The lowest BCUT2D eigenvalue weighted by Gasteiger charge is -2.16. The summed E-state index contributed by atoms with van der Waals surface area (Å²) in [5, 5.41) is 9.02. The molecule has 0 radical (unpaired) electrons. The van der Waals surface area contributed by atoms with Crippen molar-refractivity contribution in [3.63, 3.8) is 0 Å². The van der Waals surface area contributed by atoms with Gasteiger partial charge in [0.1, 0.15) is 0 Å². The molecule has 0 fully saturated rings. The van der Waals surface area contributed by atoms with Crippen LogP contribution in [0.2, 0.25) is 0 Å². The first-order valence-electron chi connectivity index (χ1n) is 6.69. The van der Waals surface area contributed by atoms with Crippen molar-refractivity contribution >= 4 is 27.8 Å². The molecule has 0 heterocycles. The third-order valence-corrected chi connectivity index (χ3v) is 5.41. The van der Waals surface area contributed by atoms with E-state index in [4.69, 9.17) is 5.11 Å². The van der Waals surface area contributed by atoms with E-state index in [2.05, 4.69) is 4.72 Å². The third-order valence-electron chi connectivity index (χ3n) is 3.10. The van der Waals surface area contributed by atoms with E-state index in [0.717, 1.165) is 12.2 Å². The minimum Gasteiger partial charge on any atom is -0.478 e. The molecule has 7 heteroatoms. The molecule has 0 amide bonds. The Morgan fingerprint density at radius 3 is 2.62 bits per heavy atom. The van der Waals surface area contributed by atoms with E-state index >= 15 is 0 Å². The van der Waals surface area contributed by atoms with Crippen LogP contribution in [0.1, 0.15) is 36.2 Å². The molecule has 1 aromatic carbocycles. The average molecular weight is 331 g/mol. The van der Waals surface area contributed by atoms with Crippen molar-refractivity contribution in [2.45, 2.75) is 37.6 Å². The first kappa shape index (κ1) is 18.0. The molecule has 0 aliphatic heterocycles. The molecule has 1 atom stereocenters. The molecule has 21 heavy (non-hydrogen) atoms. The second-order valence-corrected chi connectivity index (χ2v) is 7.45. The van der Waals surface area contributed by atoms with Gasteiger partial charge >= 0.3 is 5.97 Å². The summed E-state index contributed by atoms with van der Waals surface area (Å²) in [6.07, 6.45) is 3.21. The summed E-state index contributed by atoms with van der Waals surface area (Å²) < 4.78 is 27.5. The van der Waals surface area contributed by atoms with Gasteiger partial charge in [0.05, 0.1) is 10.5 Å². The number of rotatable bonds is 8. The normalized spacial score (nSPS) is 13.1. The van der Waals surface area contributed by atoms with E-state index in [0.29, 0.717) is 12.0 Å². The number of benzene rings is 1. The number of carbonyl (C=O) groups is 1. The quantitative estimate of drug-likeness (QED) is 0.764. The molecule has 5 nitrogen and oxygen atoms in total. The predicted molar refractivity (Wildman–Crippen MR) is 85.6 cm³/mol. The first-order chi connectivity index (χ1) is 9.81. The van der Waals surface area contributed by atoms with Crippen molar-refractivity contribution in [1.82, 2.24) is 4.72 Å². The van der Waals surface area contributed by atoms with E-state index < -0.39 is 16.0 Å². The van der Waals surface area contributed by atoms with Gasteiger partial charge in [-0.25, -0.2) is 17.9 Å². The van der Waals surface area contributed by atoms with Gasteiger partial charge in [-0.3, -0.25) is 0 Å². The van der Waals surface area contributed by atoms with Gasteiger partial charge in [0.2, 0.25) is 10.0 Å². The first-order valence-corrected chi connectivity index (χ1v) is 9.57. The summed E-state index contributed by atoms with van der Waals surface area (Å²) in [7, 11) is -3.71. The Morgan fingerprint density at radius 1 is 1.43 bits per heavy atom. The maximum atomic E-state index is 12.4. The highest BCUT2D eigenvalue weighted by Gasteiger charge is 2.21. The lowest BCUT2D eigenvalue weighted by Crippen LogP contribution is -2.33. The molecule has 0 saturated carbocycles. The highest BCUT2D eigenvalue weighted by molar-refractivity contribution is 7.98. The maximum Gasteiger partial charge on any atom is 0.335 e. The Hall–Kier alpha value is -1.05. The molecule has 0 spiro atoms. The minimum atomic E-state index is -3.71. The Morgan fingerprint density at radius 2 is 2.10 bits per heavy atom. The number of carboxylic acid groups (broad SMARTS) is 1. The fourth-order valence-electron chi connectivity index (χ4n) is 1.91. The Balaban J connectivity index is 3.11. The Bertz CT molecular complexity index is 599. The van der Waals surface area contributed by atoms with Crippen molar-refractivity contribution < 1.29 is 18.3 Å². The van der Waals surface area contributed by atoms with Crippen molar-refractivity contribution in [3.05, 3.63) is 29.3 Å². The minimum absolute atomic E-state index is 0.0238. The van der Waals surface area contributed by atoms with Crippen LogP contribution in [0.25, 0.3) is 0 Å². The van der Waals surface area contributed by atoms with Gasteiger partial charge < -0.3 is 5.11 Å². The molecule has 1 rings (SSSR count). The van der Waals surface area contributed by atoms with Gasteiger partial charge in [0, 0.05) is 6.04 Å². The number of hydrogen-bond donors (Lipinski definition) is 2. The molecule has 0 aliphatic carbocycles. The lowest BCUT2D eigenvalue weighted by atomic mass is 10.1. The van der Waals surface area contributed by atoms with E-state index in [1.165, 1.54) is 12.1 Å². The maximum absolute atomic E-state index is 12.4. The van der Waals surface area contributed by atoms with Gasteiger partial charge in [-0.15, -0.1) is 0 Å². The van der Waals surface area contributed by atoms with Crippen LogP contribution in [-0.4, -0.2) is 37.5 Å². The molecule has 1 aromatic rings. The zero-order valence-corrected chi connectivity index (χ0v) is 14.1. The summed E-state index contributed by atoms with van der Waals surface area (Å²) in [4.78, 5) is 11.1. The number of hydrogen-bond acceptors (Lipinski definition) is 4. The standard InChI is InChI=1S/C14H21NO4S2/c1-4-11-5-6-12(14(16)17)9-13(11)21(18,19)15-10(2)7-8-20-3/h5-6,9-10,15H,4,7-8H2,1-3H3,(H,16,17). The average Bonchev–Trinajstić information content (AvgIpc) is 2.43. The van der Waals surface area contributed by atoms with Crippen molar-refractivity contribution in [3.8, 4) is 0 Å². The summed E-state index contributed by atoms with van der Waals surface area (Å²) in [5.74, 6) is -0.274. The van der Waals surface area contributed by atoms with Crippen LogP contribution in [0, 0.1) is 0 Å². The van der Waals surface area contributed by atoms with Crippen LogP contribution in [0.15, 0.2) is 23.1 Å². The number of thioether (sulfide) groups is 1. The molecule has 2 N–H and O–H groups in total. The molecule has 0 aliphatic rings. The fourth-order valence-corrected chi connectivity index (χ4v) is 4.12. The Labute approximate surface area is 130 Å². The third kappa shape index (κ3) is 5.01. The van der Waals surface area contributed by atoms with Crippen molar-refractivity contribution in [2.75, 3.05) is 12.0 Å². The number of carboxylic acids is 1. The van der Waals surface area contributed by atoms with Gasteiger partial charge in [-0.05, 0) is 49.5 Å². The predicted octanol–water partition coefficient (Wildman–Crippen LogP) is 2.37. The number of sulfonamides is 1. The molecule has 0 bridgehead atoms. The van der Waals surface area contributed by atoms with Crippen LogP contribution >= 0.6 is 11.8 Å². The summed E-state index contributed by atoms with van der Waals surface area (Å²) in [6, 6.07) is 4.02. The SMILES string of the molecule is CCc1ccc(C(=O)O)cc1S(=O)(=O)NC(C)CCSC. The molecular weight excluding hydrogens is 310 g/mol. The highest BCUT2D eigenvalue weighted by atomic mass is 32.2. The van der Waals surface area contributed by atoms with Crippen LogP contribution in [-0.2, 0) is 16.4 Å². The molecule has 1 unspecified atom stereocenters. The van der Waals surface area contributed by atoms with Gasteiger partial charge in [-0.2, -0.15) is 11.8 Å². The van der Waals surface area contributed by atoms with Crippen LogP contribution in [0.4, 0.5) is 0 Å². The molecule has 0 aromatic heterocycles. The highest BCUT2D eigenvalue weighted by Crippen LogP contribution is 2.19. The number of aryl methyl sites for hydroxylation is 1. The van der Waals surface area contributed by atoms with Crippen molar-refractivity contribution in [2.24, 2.45) is 0 Å². The monoisotopic (exact) mass is 331 g/mol.